The third-order valence-corrected chi connectivity index (χ3v) is 3.09. The number of unbranched alkanes of at least 4 members (excludes halogenated alkanes) is 1. The molecule has 2 heterocycles. The fourth-order valence-electron chi connectivity index (χ4n) is 1.72. The second kappa shape index (κ2) is 8.06. The van der Waals surface area contributed by atoms with E-state index in [1.54, 1.807) is 6.07 Å². The summed E-state index contributed by atoms with van der Waals surface area (Å²) in [6.07, 6.45) is 2.16. The largest absolute Gasteiger partial charge is 0.388 e. The molecule has 2 aromatic rings. The van der Waals surface area contributed by atoms with E-state index in [1.807, 2.05) is 6.07 Å². The number of aromatic amines is 1. The number of rotatable bonds is 5. The second-order valence-corrected chi connectivity index (χ2v) is 4.79. The predicted octanol–water partition coefficient (Wildman–Crippen LogP) is 1.87. The van der Waals surface area contributed by atoms with Crippen molar-refractivity contribution in [2.75, 3.05) is 0 Å². The van der Waals surface area contributed by atoms with Crippen LogP contribution >= 0.6 is 15.9 Å². The molecule has 2 rings (SSSR count). The van der Waals surface area contributed by atoms with Crippen LogP contribution in [0.3, 0.4) is 0 Å². The normalized spacial score (nSPS) is 11.9. The Morgan fingerprint density at radius 2 is 2.21 bits per heavy atom. The first kappa shape index (κ1) is 16.7. The second-order valence-electron chi connectivity index (χ2n) is 3.98. The number of aliphatic hydroxyl groups excluding tert-OH is 1. The van der Waals surface area contributed by atoms with Crippen LogP contribution < -0.4 is 0 Å². The Morgan fingerprint density at radius 1 is 1.42 bits per heavy atom. The molecule has 2 aromatic heterocycles. The molecule has 0 aliphatic rings. The molecule has 0 bridgehead atoms. The van der Waals surface area contributed by atoms with Gasteiger partial charge in [-0.25, -0.2) is 10.1 Å². The third-order valence-electron chi connectivity index (χ3n) is 2.65. The van der Waals surface area contributed by atoms with Crippen molar-refractivity contribution >= 4 is 45.5 Å². The molecule has 2 N–H and O–H groups in total. The number of H-pyrrole nitrogens is 1. The molecule has 0 amide bonds. The number of hydrogen-bond acceptors (Lipinski definition) is 5. The monoisotopic (exact) mass is 334 g/mol. The first-order valence-electron chi connectivity index (χ1n) is 5.81. The van der Waals surface area contributed by atoms with Gasteiger partial charge in [-0.1, -0.05) is 25.8 Å². The fraction of sp³-hybridized carbons (Fsp3) is 0.455. The molecule has 8 heteroatoms. The standard InChI is InChI=1S/C11H14BrN5O.Na/c1-2-3-4-8(18)7-5-6-9(12)13-10(7)11-14-16-17-15-11;/h5-6,8,18H,2-4H2,1H3,(H,14,15,16,17);. The van der Waals surface area contributed by atoms with E-state index < -0.39 is 6.10 Å². The van der Waals surface area contributed by atoms with E-state index in [1.165, 1.54) is 0 Å². The summed E-state index contributed by atoms with van der Waals surface area (Å²) < 4.78 is 0.681. The Kier molecular flexibility index (Phi) is 7.09. The van der Waals surface area contributed by atoms with Crippen molar-refractivity contribution in [1.82, 2.24) is 25.6 Å². The number of nitrogens with zero attached hydrogens (tertiary/aromatic N) is 4. The van der Waals surface area contributed by atoms with Crippen molar-refractivity contribution in [2.45, 2.75) is 32.3 Å². The van der Waals surface area contributed by atoms with Gasteiger partial charge in [-0.15, -0.1) is 5.10 Å². The van der Waals surface area contributed by atoms with Crippen molar-refractivity contribution < 1.29 is 5.11 Å². The maximum Gasteiger partial charge on any atom is 0.198 e. The smallest absolute Gasteiger partial charge is 0.198 e. The Morgan fingerprint density at radius 3 is 2.84 bits per heavy atom. The topological polar surface area (TPSA) is 87.6 Å². The molecule has 6 nitrogen and oxygen atoms in total. The molecule has 0 fully saturated rings. The maximum absolute atomic E-state index is 10.2. The van der Waals surface area contributed by atoms with Gasteiger partial charge >= 0.3 is 0 Å². The molecule has 1 radical (unpaired) electrons. The molecular formula is C11H14BrN5NaO. The average Bonchev–Trinajstić information content (AvgIpc) is 2.89. The van der Waals surface area contributed by atoms with Gasteiger partial charge in [0, 0.05) is 35.1 Å². The van der Waals surface area contributed by atoms with Crippen LogP contribution in [0.5, 0.6) is 0 Å². The van der Waals surface area contributed by atoms with Gasteiger partial charge in [0.2, 0.25) is 0 Å². The molecule has 0 saturated heterocycles. The van der Waals surface area contributed by atoms with Gasteiger partial charge in [0.25, 0.3) is 0 Å². The van der Waals surface area contributed by atoms with Gasteiger partial charge in [-0.3, -0.25) is 0 Å². The summed E-state index contributed by atoms with van der Waals surface area (Å²) in [4.78, 5) is 4.33. The van der Waals surface area contributed by atoms with Crippen LogP contribution in [0, 0.1) is 0 Å². The van der Waals surface area contributed by atoms with Crippen molar-refractivity contribution in [2.24, 2.45) is 0 Å². The zero-order valence-electron chi connectivity index (χ0n) is 11.0. The summed E-state index contributed by atoms with van der Waals surface area (Å²) in [5.41, 5.74) is 1.32. The Balaban J connectivity index is 0.00000180. The van der Waals surface area contributed by atoms with Gasteiger partial charge < -0.3 is 5.11 Å². The summed E-state index contributed by atoms with van der Waals surface area (Å²) in [7, 11) is 0. The van der Waals surface area contributed by atoms with Gasteiger partial charge in [0.05, 0.1) is 6.10 Å². The summed E-state index contributed by atoms with van der Waals surface area (Å²) >= 11 is 3.31. The Labute approximate surface area is 141 Å². The predicted molar refractivity (Wildman–Crippen MR) is 75.3 cm³/mol. The maximum atomic E-state index is 10.2. The molecular weight excluding hydrogens is 321 g/mol. The van der Waals surface area contributed by atoms with Crippen LogP contribution in [-0.4, -0.2) is 60.3 Å². The molecule has 1 unspecified atom stereocenters. The Bertz CT molecular complexity index is 508. The molecule has 0 aromatic carbocycles. The third kappa shape index (κ3) is 4.32. The number of aliphatic hydroxyl groups is 1. The molecule has 97 valence electrons. The number of hydrogen-bond donors (Lipinski definition) is 2. The van der Waals surface area contributed by atoms with Gasteiger partial charge in [-0.2, -0.15) is 0 Å². The van der Waals surface area contributed by atoms with Gasteiger partial charge in [0.1, 0.15) is 10.3 Å². The summed E-state index contributed by atoms with van der Waals surface area (Å²) in [6.45, 7) is 2.09. The van der Waals surface area contributed by atoms with E-state index in [9.17, 15) is 5.11 Å². The van der Waals surface area contributed by atoms with Gasteiger partial charge in [0.15, 0.2) is 5.82 Å². The van der Waals surface area contributed by atoms with Crippen LogP contribution in [0.15, 0.2) is 16.7 Å². The van der Waals surface area contributed by atoms with Crippen molar-refractivity contribution in [3.8, 4) is 11.5 Å². The number of pyridine rings is 1. The summed E-state index contributed by atoms with van der Waals surface area (Å²) in [5, 5.41) is 23.8. The zero-order valence-corrected chi connectivity index (χ0v) is 14.6. The van der Waals surface area contributed by atoms with Crippen molar-refractivity contribution in [3.05, 3.63) is 22.3 Å². The van der Waals surface area contributed by atoms with E-state index >= 15 is 0 Å². The SMILES string of the molecule is CCCCC(O)c1ccc(Br)nc1-c1nnn[nH]1.[Na]. The van der Waals surface area contributed by atoms with Crippen LogP contribution in [-0.2, 0) is 0 Å². The van der Waals surface area contributed by atoms with Gasteiger partial charge in [-0.05, 0) is 38.8 Å². The quantitative estimate of drug-likeness (QED) is 0.643. The average molecular weight is 335 g/mol. The number of halogens is 1. The summed E-state index contributed by atoms with van der Waals surface area (Å²) in [6, 6.07) is 3.65. The van der Waals surface area contributed by atoms with E-state index in [0.717, 1.165) is 18.4 Å². The number of tetrazole rings is 1. The molecule has 0 saturated carbocycles. The minimum Gasteiger partial charge on any atom is -0.388 e. The molecule has 0 aliphatic carbocycles. The fourth-order valence-corrected chi connectivity index (χ4v) is 2.03. The first-order chi connectivity index (χ1) is 8.72. The van der Waals surface area contributed by atoms with Crippen molar-refractivity contribution in [3.63, 3.8) is 0 Å². The van der Waals surface area contributed by atoms with Crippen LogP contribution in [0.4, 0.5) is 0 Å². The minimum atomic E-state index is -0.550. The summed E-state index contributed by atoms with van der Waals surface area (Å²) in [5.74, 6) is 0.460. The Hall–Kier alpha value is -0.340. The number of aromatic nitrogens is 5. The molecule has 1 atom stereocenters. The van der Waals surface area contributed by atoms with E-state index in [2.05, 4.69) is 48.5 Å². The molecule has 0 aliphatic heterocycles. The minimum absolute atomic E-state index is 0. The van der Waals surface area contributed by atoms with E-state index in [4.69, 9.17) is 0 Å². The van der Waals surface area contributed by atoms with E-state index in [0.29, 0.717) is 22.5 Å². The van der Waals surface area contributed by atoms with Crippen LogP contribution in [0.2, 0.25) is 0 Å². The van der Waals surface area contributed by atoms with Crippen LogP contribution in [0.25, 0.3) is 11.5 Å². The molecule has 19 heavy (non-hydrogen) atoms. The van der Waals surface area contributed by atoms with Crippen molar-refractivity contribution in [1.29, 1.82) is 0 Å². The van der Waals surface area contributed by atoms with E-state index in [-0.39, 0.29) is 29.6 Å². The first-order valence-corrected chi connectivity index (χ1v) is 6.60. The van der Waals surface area contributed by atoms with Crippen LogP contribution in [0.1, 0.15) is 37.9 Å². The molecule has 0 spiro atoms. The zero-order chi connectivity index (χ0) is 13.0. The number of nitrogens with one attached hydrogen (secondary N) is 1.